The van der Waals surface area contributed by atoms with E-state index in [2.05, 4.69) is 5.32 Å². The summed E-state index contributed by atoms with van der Waals surface area (Å²) in [6, 6.07) is -0.990. The van der Waals surface area contributed by atoms with Gasteiger partial charge in [-0.25, -0.2) is 0 Å². The first-order valence-electron chi connectivity index (χ1n) is 9.61. The Morgan fingerprint density at radius 3 is 2.10 bits per heavy atom. The summed E-state index contributed by atoms with van der Waals surface area (Å²) in [6.45, 7) is 4.70. The van der Waals surface area contributed by atoms with E-state index >= 15 is 0 Å². The van der Waals surface area contributed by atoms with Crippen LogP contribution in [-0.4, -0.2) is 74.0 Å². The fraction of sp³-hybridized carbons (Fsp3) is 0.737. The van der Waals surface area contributed by atoms with E-state index in [4.69, 9.17) is 23.7 Å². The van der Waals surface area contributed by atoms with Crippen molar-refractivity contribution >= 4 is 30.1 Å². The Bertz CT molecular complexity index is 622. The second kappa shape index (κ2) is 12.9. The van der Waals surface area contributed by atoms with Gasteiger partial charge in [-0.1, -0.05) is 0 Å². The Hall–Kier alpha value is -2.53. The van der Waals surface area contributed by atoms with E-state index in [1.807, 2.05) is 0 Å². The number of nitrogens with one attached hydrogen (secondary N) is 1. The van der Waals surface area contributed by atoms with Gasteiger partial charge < -0.3 is 33.8 Å². The SMILES string of the molecule is CC(=O)NC1C(OCCCCC=O)OC(COC(C)=O)C(OC(C)=O)C1OC(C)=O. The zero-order chi connectivity index (χ0) is 22.7. The molecule has 5 atom stereocenters. The predicted molar refractivity (Wildman–Crippen MR) is 99.9 cm³/mol. The van der Waals surface area contributed by atoms with Gasteiger partial charge in [0, 0.05) is 40.7 Å². The van der Waals surface area contributed by atoms with Crippen LogP contribution in [0.3, 0.4) is 0 Å². The van der Waals surface area contributed by atoms with E-state index in [-0.39, 0.29) is 13.2 Å². The molecular weight excluding hydrogens is 402 g/mol. The van der Waals surface area contributed by atoms with Gasteiger partial charge in [0.25, 0.3) is 0 Å². The number of ether oxygens (including phenoxy) is 5. The van der Waals surface area contributed by atoms with E-state index in [1.54, 1.807) is 0 Å². The average Bonchev–Trinajstić information content (AvgIpc) is 2.63. The zero-order valence-electron chi connectivity index (χ0n) is 17.6. The molecule has 0 spiro atoms. The molecule has 0 aromatic rings. The van der Waals surface area contributed by atoms with Crippen molar-refractivity contribution < 1.29 is 47.7 Å². The number of carbonyl (C=O) groups excluding carboxylic acids is 5. The molecule has 0 aromatic carbocycles. The molecule has 11 nitrogen and oxygen atoms in total. The minimum Gasteiger partial charge on any atom is -0.463 e. The number of rotatable bonds is 11. The third-order valence-corrected chi connectivity index (χ3v) is 4.07. The van der Waals surface area contributed by atoms with Crippen LogP contribution in [0.2, 0.25) is 0 Å². The maximum Gasteiger partial charge on any atom is 0.303 e. The molecule has 0 saturated carbocycles. The molecule has 1 saturated heterocycles. The minimum atomic E-state index is -1.16. The number of hydrogen-bond donors (Lipinski definition) is 1. The van der Waals surface area contributed by atoms with Gasteiger partial charge in [-0.15, -0.1) is 0 Å². The molecule has 0 bridgehead atoms. The molecule has 1 aliphatic heterocycles. The number of carbonyl (C=O) groups is 5. The molecule has 1 amide bonds. The van der Waals surface area contributed by atoms with Gasteiger partial charge in [0.2, 0.25) is 5.91 Å². The summed E-state index contributed by atoms with van der Waals surface area (Å²) in [5.41, 5.74) is 0. The average molecular weight is 431 g/mol. The standard InChI is InChI=1S/C19H29NO10/c1-11(22)20-16-18(29-14(4)25)17(28-13(3)24)15(10-27-12(2)23)30-19(16)26-9-7-5-6-8-21/h8,15-19H,5-7,9-10H2,1-4H3,(H,20,22). The van der Waals surface area contributed by atoms with E-state index in [9.17, 15) is 24.0 Å². The Labute approximate surface area is 174 Å². The lowest BCUT2D eigenvalue weighted by Gasteiger charge is -2.44. The highest BCUT2D eigenvalue weighted by Gasteiger charge is 2.51. The van der Waals surface area contributed by atoms with Crippen molar-refractivity contribution in [3.05, 3.63) is 0 Å². The van der Waals surface area contributed by atoms with Crippen LogP contribution in [0.4, 0.5) is 0 Å². The molecule has 1 fully saturated rings. The van der Waals surface area contributed by atoms with E-state index in [1.165, 1.54) is 20.8 Å². The molecule has 1 heterocycles. The van der Waals surface area contributed by atoms with Gasteiger partial charge in [-0.3, -0.25) is 19.2 Å². The van der Waals surface area contributed by atoms with Crippen LogP contribution >= 0.6 is 0 Å². The van der Waals surface area contributed by atoms with Gasteiger partial charge in [-0.2, -0.15) is 0 Å². The lowest BCUT2D eigenvalue weighted by atomic mass is 9.96. The Morgan fingerprint density at radius 1 is 0.933 bits per heavy atom. The molecule has 170 valence electrons. The summed E-state index contributed by atoms with van der Waals surface area (Å²) in [5, 5.41) is 2.61. The Morgan fingerprint density at radius 2 is 1.57 bits per heavy atom. The van der Waals surface area contributed by atoms with Crippen molar-refractivity contribution in [2.75, 3.05) is 13.2 Å². The third-order valence-electron chi connectivity index (χ3n) is 4.07. The van der Waals surface area contributed by atoms with Crippen LogP contribution in [0.5, 0.6) is 0 Å². The van der Waals surface area contributed by atoms with Crippen molar-refractivity contribution in [3.63, 3.8) is 0 Å². The second-order valence-electron chi connectivity index (χ2n) is 6.75. The lowest BCUT2D eigenvalue weighted by Crippen LogP contribution is -2.66. The minimum absolute atomic E-state index is 0.194. The smallest absolute Gasteiger partial charge is 0.303 e. The molecule has 30 heavy (non-hydrogen) atoms. The molecule has 1 N–H and O–H groups in total. The van der Waals surface area contributed by atoms with Gasteiger partial charge in [0.1, 0.15) is 25.0 Å². The monoisotopic (exact) mass is 431 g/mol. The topological polar surface area (TPSA) is 144 Å². The summed E-state index contributed by atoms with van der Waals surface area (Å²) >= 11 is 0. The van der Waals surface area contributed by atoms with Crippen LogP contribution in [-0.2, 0) is 47.7 Å². The van der Waals surface area contributed by atoms with Crippen molar-refractivity contribution in [1.82, 2.24) is 5.32 Å². The van der Waals surface area contributed by atoms with Crippen molar-refractivity contribution in [3.8, 4) is 0 Å². The zero-order valence-corrected chi connectivity index (χ0v) is 17.6. The molecule has 11 heteroatoms. The molecular formula is C19H29NO10. The van der Waals surface area contributed by atoms with Crippen LogP contribution < -0.4 is 5.32 Å². The summed E-state index contributed by atoms with van der Waals surface area (Å²) in [5.74, 6) is -2.39. The predicted octanol–water partition coefficient (Wildman–Crippen LogP) is 0.0283. The molecule has 0 aliphatic carbocycles. The third kappa shape index (κ3) is 8.87. The van der Waals surface area contributed by atoms with E-state index < -0.39 is 54.5 Å². The first-order valence-corrected chi connectivity index (χ1v) is 9.61. The molecule has 0 aromatic heterocycles. The van der Waals surface area contributed by atoms with E-state index in [0.717, 1.165) is 13.2 Å². The van der Waals surface area contributed by atoms with Crippen molar-refractivity contribution in [1.29, 1.82) is 0 Å². The summed E-state index contributed by atoms with van der Waals surface area (Å²) in [7, 11) is 0. The van der Waals surface area contributed by atoms with Crippen LogP contribution in [0, 0.1) is 0 Å². The van der Waals surface area contributed by atoms with Gasteiger partial charge in [-0.05, 0) is 12.8 Å². The van der Waals surface area contributed by atoms with Gasteiger partial charge in [0.05, 0.1) is 0 Å². The second-order valence-corrected chi connectivity index (χ2v) is 6.75. The fourth-order valence-electron chi connectivity index (χ4n) is 2.96. The van der Waals surface area contributed by atoms with Gasteiger partial charge in [0.15, 0.2) is 18.5 Å². The maximum absolute atomic E-state index is 11.8. The summed E-state index contributed by atoms with van der Waals surface area (Å²) < 4.78 is 27.2. The lowest BCUT2D eigenvalue weighted by molar-refractivity contribution is -0.277. The Kier molecular flexibility index (Phi) is 11.0. The highest BCUT2D eigenvalue weighted by molar-refractivity contribution is 5.73. The highest BCUT2D eigenvalue weighted by atomic mass is 16.7. The van der Waals surface area contributed by atoms with Gasteiger partial charge >= 0.3 is 17.9 Å². The molecule has 1 aliphatic rings. The first-order chi connectivity index (χ1) is 14.1. The van der Waals surface area contributed by atoms with Crippen molar-refractivity contribution in [2.45, 2.75) is 77.6 Å². The van der Waals surface area contributed by atoms with E-state index in [0.29, 0.717) is 19.3 Å². The number of amides is 1. The number of unbranched alkanes of at least 4 members (excludes halogenated alkanes) is 2. The summed E-state index contributed by atoms with van der Waals surface area (Å²) in [6.07, 6.45) is -2.07. The normalized spacial score (nSPS) is 25.7. The molecule has 0 radical (unpaired) electrons. The number of esters is 3. The highest BCUT2D eigenvalue weighted by Crippen LogP contribution is 2.28. The van der Waals surface area contributed by atoms with Crippen LogP contribution in [0.1, 0.15) is 47.0 Å². The number of hydrogen-bond acceptors (Lipinski definition) is 10. The maximum atomic E-state index is 11.8. The molecule has 1 rings (SSSR count). The molecule has 5 unspecified atom stereocenters. The number of aldehydes is 1. The fourth-order valence-corrected chi connectivity index (χ4v) is 2.96. The Balaban J connectivity index is 3.14. The summed E-state index contributed by atoms with van der Waals surface area (Å²) in [4.78, 5) is 56.8. The van der Waals surface area contributed by atoms with Crippen LogP contribution in [0.25, 0.3) is 0 Å². The first kappa shape index (κ1) is 25.5. The quantitative estimate of drug-likeness (QED) is 0.206. The largest absolute Gasteiger partial charge is 0.463 e. The van der Waals surface area contributed by atoms with Crippen LogP contribution in [0.15, 0.2) is 0 Å². The van der Waals surface area contributed by atoms with Crippen molar-refractivity contribution in [2.24, 2.45) is 0 Å².